The standard InChI is InChI=1S/C22H15Cl3N2O/c23-15-9-7-14(8-10-15)21-13-20(26-18-5-1-3-16(24)11-18)22(28)27(21)19-6-2-4-17(25)12-19/h1-12,21H,13H2/t21-/m0/s1. The molecule has 0 saturated carbocycles. The second kappa shape index (κ2) is 7.96. The molecule has 0 aromatic heterocycles. The summed E-state index contributed by atoms with van der Waals surface area (Å²) in [4.78, 5) is 19.6. The zero-order valence-electron chi connectivity index (χ0n) is 14.6. The largest absolute Gasteiger partial charge is 0.299 e. The van der Waals surface area contributed by atoms with Crippen molar-refractivity contribution in [2.75, 3.05) is 4.90 Å². The van der Waals surface area contributed by atoms with Crippen molar-refractivity contribution in [3.8, 4) is 0 Å². The quantitative estimate of drug-likeness (QED) is 0.446. The normalized spacial score (nSPS) is 18.1. The molecule has 0 radical (unpaired) electrons. The Kier molecular flexibility index (Phi) is 5.40. The highest BCUT2D eigenvalue weighted by atomic mass is 35.5. The van der Waals surface area contributed by atoms with Gasteiger partial charge in [-0.3, -0.25) is 9.69 Å². The Bertz CT molecular complexity index is 1060. The minimum Gasteiger partial charge on any atom is -0.299 e. The van der Waals surface area contributed by atoms with Gasteiger partial charge >= 0.3 is 0 Å². The number of hydrogen-bond acceptors (Lipinski definition) is 2. The third kappa shape index (κ3) is 3.93. The summed E-state index contributed by atoms with van der Waals surface area (Å²) in [5.74, 6) is -0.151. The average molecular weight is 430 g/mol. The predicted molar refractivity (Wildman–Crippen MR) is 116 cm³/mol. The number of benzene rings is 3. The Balaban J connectivity index is 1.78. The van der Waals surface area contributed by atoms with E-state index in [1.165, 1.54) is 0 Å². The number of rotatable bonds is 3. The van der Waals surface area contributed by atoms with Crippen LogP contribution in [0.1, 0.15) is 18.0 Å². The lowest BCUT2D eigenvalue weighted by molar-refractivity contribution is -0.112. The Morgan fingerprint density at radius 1 is 0.821 bits per heavy atom. The molecular formula is C22H15Cl3N2O. The molecule has 0 N–H and O–H groups in total. The molecule has 0 spiro atoms. The molecule has 1 aliphatic heterocycles. The first-order valence-corrected chi connectivity index (χ1v) is 9.82. The van der Waals surface area contributed by atoms with Crippen LogP contribution < -0.4 is 4.90 Å². The van der Waals surface area contributed by atoms with Gasteiger partial charge in [0.05, 0.1) is 11.7 Å². The minimum atomic E-state index is -0.193. The summed E-state index contributed by atoms with van der Waals surface area (Å²) in [6.45, 7) is 0. The summed E-state index contributed by atoms with van der Waals surface area (Å²) < 4.78 is 0. The molecule has 1 heterocycles. The zero-order valence-corrected chi connectivity index (χ0v) is 16.9. The summed E-state index contributed by atoms with van der Waals surface area (Å²) in [6.07, 6.45) is 0.472. The number of carbonyl (C=O) groups excluding carboxylic acids is 1. The second-order valence-corrected chi connectivity index (χ2v) is 7.77. The van der Waals surface area contributed by atoms with E-state index in [9.17, 15) is 4.79 Å². The van der Waals surface area contributed by atoms with E-state index in [1.807, 2.05) is 48.5 Å². The number of halogens is 3. The molecule has 6 heteroatoms. The van der Waals surface area contributed by atoms with Gasteiger partial charge in [0.15, 0.2) is 0 Å². The van der Waals surface area contributed by atoms with Crippen LogP contribution >= 0.6 is 34.8 Å². The fraction of sp³-hybridized carbons (Fsp3) is 0.0909. The summed E-state index contributed by atoms with van der Waals surface area (Å²) >= 11 is 18.3. The topological polar surface area (TPSA) is 32.7 Å². The van der Waals surface area contributed by atoms with Crippen molar-refractivity contribution in [1.29, 1.82) is 0 Å². The van der Waals surface area contributed by atoms with E-state index in [0.717, 1.165) is 11.3 Å². The number of nitrogens with zero attached hydrogens (tertiary/aromatic N) is 2. The maximum Gasteiger partial charge on any atom is 0.273 e. The molecule has 1 saturated heterocycles. The van der Waals surface area contributed by atoms with Crippen LogP contribution in [-0.2, 0) is 4.79 Å². The van der Waals surface area contributed by atoms with Gasteiger partial charge in [-0.1, -0.05) is 59.1 Å². The molecule has 1 aliphatic rings. The molecule has 3 nitrogen and oxygen atoms in total. The van der Waals surface area contributed by atoms with Crippen molar-refractivity contribution >= 4 is 57.8 Å². The molecule has 1 amide bonds. The van der Waals surface area contributed by atoms with E-state index in [4.69, 9.17) is 34.8 Å². The van der Waals surface area contributed by atoms with Crippen LogP contribution in [0.5, 0.6) is 0 Å². The van der Waals surface area contributed by atoms with Gasteiger partial charge in [-0.2, -0.15) is 0 Å². The van der Waals surface area contributed by atoms with Gasteiger partial charge in [0, 0.05) is 27.2 Å². The van der Waals surface area contributed by atoms with Crippen molar-refractivity contribution in [2.45, 2.75) is 12.5 Å². The third-order valence-electron chi connectivity index (χ3n) is 4.58. The lowest BCUT2D eigenvalue weighted by Gasteiger charge is -2.24. The van der Waals surface area contributed by atoms with Gasteiger partial charge in [0.2, 0.25) is 0 Å². The van der Waals surface area contributed by atoms with Crippen LogP contribution in [0.25, 0.3) is 0 Å². The summed E-state index contributed by atoms with van der Waals surface area (Å²) in [5.41, 5.74) is 2.84. The number of anilines is 1. The minimum absolute atomic E-state index is 0.151. The molecule has 140 valence electrons. The molecule has 3 aromatic carbocycles. The summed E-state index contributed by atoms with van der Waals surface area (Å²) in [5, 5.41) is 1.80. The average Bonchev–Trinajstić information content (AvgIpc) is 2.99. The van der Waals surface area contributed by atoms with Crippen LogP contribution in [0.4, 0.5) is 11.4 Å². The van der Waals surface area contributed by atoms with Gasteiger partial charge in [-0.15, -0.1) is 0 Å². The first-order chi connectivity index (χ1) is 13.5. The van der Waals surface area contributed by atoms with Gasteiger partial charge < -0.3 is 0 Å². The van der Waals surface area contributed by atoms with Gasteiger partial charge in [-0.25, -0.2) is 4.99 Å². The molecule has 1 atom stereocenters. The molecule has 28 heavy (non-hydrogen) atoms. The number of amides is 1. The van der Waals surface area contributed by atoms with E-state index in [-0.39, 0.29) is 11.9 Å². The zero-order chi connectivity index (χ0) is 19.7. The summed E-state index contributed by atoms with van der Waals surface area (Å²) in [6, 6.07) is 21.7. The summed E-state index contributed by atoms with van der Waals surface area (Å²) in [7, 11) is 0. The van der Waals surface area contributed by atoms with Crippen molar-refractivity contribution in [3.63, 3.8) is 0 Å². The predicted octanol–water partition coefficient (Wildman–Crippen LogP) is 6.90. The Morgan fingerprint density at radius 2 is 1.50 bits per heavy atom. The Morgan fingerprint density at radius 3 is 2.18 bits per heavy atom. The number of aliphatic imine (C=N–C) groups is 1. The smallest absolute Gasteiger partial charge is 0.273 e. The maximum atomic E-state index is 13.3. The van der Waals surface area contributed by atoms with Gasteiger partial charge in [0.1, 0.15) is 5.71 Å². The molecule has 0 aliphatic carbocycles. The lowest BCUT2D eigenvalue weighted by atomic mass is 10.0. The van der Waals surface area contributed by atoms with E-state index >= 15 is 0 Å². The highest BCUT2D eigenvalue weighted by molar-refractivity contribution is 6.47. The lowest BCUT2D eigenvalue weighted by Crippen LogP contribution is -2.29. The monoisotopic (exact) mass is 428 g/mol. The van der Waals surface area contributed by atoms with E-state index in [1.54, 1.807) is 29.2 Å². The molecule has 3 aromatic rings. The van der Waals surface area contributed by atoms with Crippen molar-refractivity contribution in [2.24, 2.45) is 4.99 Å². The SMILES string of the molecule is O=C1C(=Nc2cccc(Cl)c2)C[C@@H](c2ccc(Cl)cc2)N1c1cccc(Cl)c1. The van der Waals surface area contributed by atoms with E-state index < -0.39 is 0 Å². The first-order valence-electron chi connectivity index (χ1n) is 8.69. The van der Waals surface area contributed by atoms with Crippen LogP contribution in [0, 0.1) is 0 Å². The molecule has 0 unspecified atom stereocenters. The molecule has 0 bridgehead atoms. The fourth-order valence-electron chi connectivity index (χ4n) is 3.31. The molecule has 4 rings (SSSR count). The third-order valence-corrected chi connectivity index (χ3v) is 5.30. The van der Waals surface area contributed by atoms with Crippen LogP contribution in [-0.4, -0.2) is 11.6 Å². The highest BCUT2D eigenvalue weighted by Crippen LogP contribution is 2.38. The van der Waals surface area contributed by atoms with Crippen LogP contribution in [0.2, 0.25) is 15.1 Å². The van der Waals surface area contributed by atoms with E-state index in [0.29, 0.717) is 32.9 Å². The Labute approximate surface area is 178 Å². The van der Waals surface area contributed by atoms with E-state index in [2.05, 4.69) is 4.99 Å². The number of carbonyl (C=O) groups is 1. The van der Waals surface area contributed by atoms with Crippen LogP contribution in [0.3, 0.4) is 0 Å². The number of hydrogen-bond donors (Lipinski definition) is 0. The van der Waals surface area contributed by atoms with Crippen molar-refractivity contribution in [1.82, 2.24) is 0 Å². The van der Waals surface area contributed by atoms with Gasteiger partial charge in [-0.05, 0) is 54.1 Å². The van der Waals surface area contributed by atoms with Crippen LogP contribution in [0.15, 0.2) is 77.8 Å². The molecule has 1 fully saturated rings. The first kappa shape index (κ1) is 19.0. The van der Waals surface area contributed by atoms with Gasteiger partial charge in [0.25, 0.3) is 5.91 Å². The van der Waals surface area contributed by atoms with Crippen molar-refractivity contribution < 1.29 is 4.79 Å². The molecular weight excluding hydrogens is 415 g/mol. The fourth-order valence-corrected chi connectivity index (χ4v) is 3.81. The second-order valence-electron chi connectivity index (χ2n) is 6.46. The Hall–Kier alpha value is -2.33. The van der Waals surface area contributed by atoms with Crippen molar-refractivity contribution in [3.05, 3.63) is 93.4 Å². The highest BCUT2D eigenvalue weighted by Gasteiger charge is 2.38. The maximum absolute atomic E-state index is 13.3.